The smallest absolute Gasteiger partial charge is 0.342 e. The van der Waals surface area contributed by atoms with Gasteiger partial charge in [0.1, 0.15) is 46.3 Å². The van der Waals surface area contributed by atoms with Gasteiger partial charge in [0.05, 0.1) is 52.9 Å². The molecule has 0 aromatic heterocycles. The third-order valence-electron chi connectivity index (χ3n) is 12.7. The number of hydrogen-bond donors (Lipinski definition) is 1. The van der Waals surface area contributed by atoms with Gasteiger partial charge < -0.3 is 66.7 Å². The predicted molar refractivity (Wildman–Crippen MR) is 277 cm³/mol. The van der Waals surface area contributed by atoms with Gasteiger partial charge in [-0.15, -0.1) is 0 Å². The number of esters is 2. The van der Waals surface area contributed by atoms with Crippen LogP contribution in [0.2, 0.25) is 51.4 Å². The van der Waals surface area contributed by atoms with Crippen molar-refractivity contribution >= 4 is 28.1 Å². The molecular weight excluding hydrogens is 949 g/mol. The lowest BCUT2D eigenvalue weighted by molar-refractivity contribution is -0.150. The molecule has 71 heavy (non-hydrogen) atoms. The summed E-state index contributed by atoms with van der Waals surface area (Å²) in [4.78, 5) is 26.6. The molecule has 2 heterocycles. The molecule has 0 spiro atoms. The lowest BCUT2D eigenvalue weighted by atomic mass is 9.98. The number of rotatable bonds is 25. The molecule has 1 N–H and O–H groups in total. The summed E-state index contributed by atoms with van der Waals surface area (Å²) in [5.41, 5.74) is 2.64. The van der Waals surface area contributed by atoms with E-state index in [1.54, 1.807) is 40.6 Å². The number of methoxy groups -OCH3 is 5. The molecular formula is C53H88O16Si2. The minimum atomic E-state index is -1.35. The van der Waals surface area contributed by atoms with Crippen molar-refractivity contribution in [3.8, 4) is 23.0 Å². The molecule has 2 saturated carbocycles. The van der Waals surface area contributed by atoms with Gasteiger partial charge in [-0.1, -0.05) is 53.1 Å². The topological polar surface area (TPSA) is 174 Å². The Morgan fingerprint density at radius 3 is 1.32 bits per heavy atom. The highest BCUT2D eigenvalue weighted by Crippen LogP contribution is 2.56. The number of aliphatic hydroxyl groups excluding tert-OH is 1. The number of hydrogen-bond acceptors (Lipinski definition) is 16. The molecule has 16 nitrogen and oxygen atoms in total. The normalized spacial score (nSPS) is 24.9. The van der Waals surface area contributed by atoms with Crippen molar-refractivity contribution in [3.05, 3.63) is 46.5 Å². The molecule has 6 rings (SSSR count). The van der Waals surface area contributed by atoms with Gasteiger partial charge >= 0.3 is 11.9 Å². The van der Waals surface area contributed by atoms with E-state index in [2.05, 4.69) is 39.3 Å². The summed E-state index contributed by atoms with van der Waals surface area (Å²) in [7, 11) is 5.26. The molecule has 2 saturated heterocycles. The van der Waals surface area contributed by atoms with Gasteiger partial charge in [0.2, 0.25) is 0 Å². The zero-order chi connectivity index (χ0) is 52.9. The second kappa shape index (κ2) is 26.8. The summed E-state index contributed by atoms with van der Waals surface area (Å²) in [6.07, 6.45) is 2.64. The third-order valence-corrected chi connectivity index (χ3v) is 16.1. The van der Waals surface area contributed by atoms with Gasteiger partial charge in [-0.3, -0.25) is 0 Å². The Bertz CT molecular complexity index is 2000. The van der Waals surface area contributed by atoms with Crippen LogP contribution in [0.4, 0.5) is 0 Å². The van der Waals surface area contributed by atoms with E-state index in [9.17, 15) is 14.7 Å². The third kappa shape index (κ3) is 18.2. The van der Waals surface area contributed by atoms with Gasteiger partial charge in [-0.25, -0.2) is 9.59 Å². The quantitative estimate of drug-likeness (QED) is 0.0565. The van der Waals surface area contributed by atoms with E-state index < -0.39 is 27.7 Å². The maximum Gasteiger partial charge on any atom is 0.342 e. The minimum absolute atomic E-state index is 0.0103. The number of ether oxygens (including phenoxy) is 13. The Kier molecular flexibility index (Phi) is 22.7. The number of carbonyl (C=O) groups excluding carboxylic acids is 2. The fourth-order valence-corrected chi connectivity index (χ4v) is 10.5. The maximum absolute atomic E-state index is 13.3. The van der Waals surface area contributed by atoms with Crippen LogP contribution >= 0.6 is 0 Å². The second-order valence-electron chi connectivity index (χ2n) is 21.9. The second-order valence-corrected chi connectivity index (χ2v) is 33.2. The summed E-state index contributed by atoms with van der Waals surface area (Å²) < 4.78 is 73.7. The van der Waals surface area contributed by atoms with E-state index >= 15 is 0 Å². The predicted octanol–water partition coefficient (Wildman–Crippen LogP) is 10.0. The van der Waals surface area contributed by atoms with Crippen LogP contribution in [-0.4, -0.2) is 145 Å². The highest BCUT2D eigenvalue weighted by molar-refractivity contribution is 6.76. The van der Waals surface area contributed by atoms with Crippen LogP contribution < -0.4 is 18.9 Å². The number of benzene rings is 2. The molecule has 0 bridgehead atoms. The molecule has 2 aromatic rings. The molecule has 4 fully saturated rings. The van der Waals surface area contributed by atoms with Gasteiger partial charge in [0.25, 0.3) is 0 Å². The molecule has 4 unspecified atom stereocenters. The first-order chi connectivity index (χ1) is 33.4. The van der Waals surface area contributed by atoms with Crippen molar-refractivity contribution in [2.45, 2.75) is 166 Å². The van der Waals surface area contributed by atoms with Gasteiger partial charge in [-0.05, 0) is 112 Å². The van der Waals surface area contributed by atoms with Crippen molar-refractivity contribution in [3.63, 3.8) is 0 Å². The molecule has 404 valence electrons. The fraction of sp³-hybridized carbons (Fsp3) is 0.736. The van der Waals surface area contributed by atoms with E-state index in [4.69, 9.17) is 61.6 Å². The van der Waals surface area contributed by atoms with Crippen LogP contribution in [0.1, 0.15) is 111 Å². The van der Waals surface area contributed by atoms with Crippen molar-refractivity contribution in [1.29, 1.82) is 0 Å². The first-order valence-electron chi connectivity index (χ1n) is 25.3. The van der Waals surface area contributed by atoms with Crippen molar-refractivity contribution in [2.75, 3.05) is 75.6 Å². The molecule has 2 aliphatic carbocycles. The molecule has 4 aliphatic rings. The average molecular weight is 1040 g/mol. The standard InChI is InChI=1S/C26H42O8Si.C25H40O8Si.C2H6/c1-26(2)33-21(23(34-26)15-28-3)12-17-11-19(17)20-13-18(30-5)14-22(32-16-29-4)24(20)25(27)31-9-10-35(6,7)8;1-25(2)32-20(22(14-26)33-25)11-16-10-18(16)19-12-17(29-4)13-21(31-15-28-3)23(19)24(27)30-8-9-34(5,6)7;1-2/h13-14,17,19,21,23H,9-12,15-16H2,1-8H3;12-13,16,18,20,22,26H,8-11,14-15H2,1-7H3;1-2H3/t17?,19?,21-,23+;16?,18?,20-,22+;/m00./s1. The van der Waals surface area contributed by atoms with Crippen molar-refractivity contribution in [1.82, 2.24) is 0 Å². The molecule has 8 atom stereocenters. The SMILES string of the molecule is CC.COCOc1cc(OC)cc(C2CC2C[C@@H]2OC(C)(C)O[C@@H]2CO)c1C(=O)OCC[Si](C)(C)C.COCOc1cc(OC)cc(C2CC2C[C@@H]2OC(C)(C)O[C@@H]2COC)c1C(=O)OCC[Si](C)(C)C. The zero-order valence-electron chi connectivity index (χ0n) is 46.0. The van der Waals surface area contributed by atoms with Crippen LogP contribution in [0.15, 0.2) is 24.3 Å². The van der Waals surface area contributed by atoms with E-state index in [-0.39, 0.29) is 74.3 Å². The van der Waals surface area contributed by atoms with E-state index in [1.165, 1.54) is 7.11 Å². The lowest BCUT2D eigenvalue weighted by Gasteiger charge is -2.19. The zero-order valence-corrected chi connectivity index (χ0v) is 48.0. The maximum atomic E-state index is 13.3. The Labute approximate surface area is 426 Å². The van der Waals surface area contributed by atoms with Crippen LogP contribution in [0.5, 0.6) is 23.0 Å². The Balaban J connectivity index is 0.000000298. The first-order valence-corrected chi connectivity index (χ1v) is 32.7. The Morgan fingerprint density at radius 2 is 0.972 bits per heavy atom. The van der Waals surface area contributed by atoms with Gasteiger partial charge in [-0.2, -0.15) is 0 Å². The molecule has 0 radical (unpaired) electrons. The molecule has 2 aliphatic heterocycles. The van der Waals surface area contributed by atoms with Crippen LogP contribution in [0, 0.1) is 11.8 Å². The summed E-state index contributed by atoms with van der Waals surface area (Å²) in [6.45, 7) is 26.3. The molecule has 2 aromatic carbocycles. The van der Waals surface area contributed by atoms with Crippen LogP contribution in [0.3, 0.4) is 0 Å². The monoisotopic (exact) mass is 1040 g/mol. The summed E-state index contributed by atoms with van der Waals surface area (Å²) in [5, 5.41) is 9.72. The summed E-state index contributed by atoms with van der Waals surface area (Å²) in [5.74, 6) is 0.884. The Hall–Kier alpha value is -3.31. The highest BCUT2D eigenvalue weighted by atomic mass is 28.3. The summed E-state index contributed by atoms with van der Waals surface area (Å²) >= 11 is 0. The number of aliphatic hydroxyl groups is 1. The average Bonchev–Trinajstić information content (AvgIpc) is 4.20. The van der Waals surface area contributed by atoms with Gasteiger partial charge in [0, 0.05) is 49.6 Å². The van der Waals surface area contributed by atoms with E-state index in [0.29, 0.717) is 59.9 Å². The lowest BCUT2D eigenvalue weighted by Crippen LogP contribution is -2.27. The van der Waals surface area contributed by atoms with Crippen LogP contribution in [-0.2, 0) is 42.6 Å². The summed E-state index contributed by atoms with van der Waals surface area (Å²) in [6, 6.07) is 9.05. The van der Waals surface area contributed by atoms with E-state index in [0.717, 1.165) is 48.9 Å². The van der Waals surface area contributed by atoms with Crippen molar-refractivity contribution < 1.29 is 76.3 Å². The minimum Gasteiger partial charge on any atom is -0.497 e. The van der Waals surface area contributed by atoms with E-state index in [1.807, 2.05) is 53.7 Å². The highest BCUT2D eigenvalue weighted by Gasteiger charge is 2.50. The van der Waals surface area contributed by atoms with Crippen molar-refractivity contribution in [2.24, 2.45) is 11.8 Å². The van der Waals surface area contributed by atoms with Gasteiger partial charge in [0.15, 0.2) is 25.2 Å². The largest absolute Gasteiger partial charge is 0.497 e. The Morgan fingerprint density at radius 1 is 0.592 bits per heavy atom. The number of carbonyl (C=O) groups is 2. The first kappa shape index (κ1) is 60.2. The molecule has 18 heteroatoms. The fourth-order valence-electron chi connectivity index (χ4n) is 9.05. The molecule has 0 amide bonds. The van der Waals surface area contributed by atoms with Crippen LogP contribution in [0.25, 0.3) is 0 Å².